The van der Waals surface area contributed by atoms with Gasteiger partial charge in [0.15, 0.2) is 17.5 Å². The van der Waals surface area contributed by atoms with E-state index in [4.69, 9.17) is 15.0 Å². The molecule has 15 rings (SSSR count). The summed E-state index contributed by atoms with van der Waals surface area (Å²) in [5.74, 6) is 5.28. The Morgan fingerprint density at radius 2 is 1.00 bits per heavy atom. The molecule has 4 nitrogen and oxygen atoms in total. The molecule has 10 aromatic rings. The molecule has 0 N–H and O–H groups in total. The van der Waals surface area contributed by atoms with Crippen LogP contribution in [0.1, 0.15) is 43.2 Å². The van der Waals surface area contributed by atoms with E-state index in [1.54, 1.807) is 5.56 Å². The first-order valence-corrected chi connectivity index (χ1v) is 22.9. The van der Waals surface area contributed by atoms with Gasteiger partial charge in [-0.3, -0.25) is 0 Å². The Labute approximate surface area is 367 Å². The molecule has 4 heteroatoms. The lowest BCUT2D eigenvalue weighted by molar-refractivity contribution is -0.0399. The fraction of sp³-hybridized carbons (Fsp3) is 0.169. The van der Waals surface area contributed by atoms with Crippen LogP contribution in [0.3, 0.4) is 0 Å². The van der Waals surface area contributed by atoms with E-state index in [0.717, 1.165) is 51.2 Å². The van der Waals surface area contributed by atoms with Crippen LogP contribution in [0, 0.1) is 23.7 Å². The molecule has 4 fully saturated rings. The summed E-state index contributed by atoms with van der Waals surface area (Å²) in [5, 5.41) is 5.10. The normalized spacial score (nSPS) is 21.7. The molecule has 0 amide bonds. The number of aromatic nitrogens is 4. The van der Waals surface area contributed by atoms with Crippen LogP contribution in [-0.2, 0) is 5.41 Å². The highest BCUT2D eigenvalue weighted by Crippen LogP contribution is 2.69. The third-order valence-electron chi connectivity index (χ3n) is 15.6. The lowest BCUT2D eigenvalue weighted by Crippen LogP contribution is -2.55. The minimum Gasteiger partial charge on any atom is -0.309 e. The first-order chi connectivity index (χ1) is 31.2. The molecular formula is C59H44N4. The number of fused-ring (bicyclic) bond motifs is 8. The van der Waals surface area contributed by atoms with Crippen molar-refractivity contribution in [2.24, 2.45) is 23.7 Å². The van der Waals surface area contributed by atoms with Crippen molar-refractivity contribution in [3.05, 3.63) is 193 Å². The van der Waals surface area contributed by atoms with Crippen molar-refractivity contribution in [3.63, 3.8) is 0 Å². The monoisotopic (exact) mass is 808 g/mol. The van der Waals surface area contributed by atoms with Crippen LogP contribution < -0.4 is 0 Å². The van der Waals surface area contributed by atoms with Gasteiger partial charge in [0, 0.05) is 38.6 Å². The highest BCUT2D eigenvalue weighted by atomic mass is 15.0. The van der Waals surface area contributed by atoms with Crippen molar-refractivity contribution in [1.29, 1.82) is 0 Å². The van der Waals surface area contributed by atoms with Gasteiger partial charge in [-0.15, -0.1) is 0 Å². The van der Waals surface area contributed by atoms with Gasteiger partial charge in [0.2, 0.25) is 0 Å². The lowest BCUT2D eigenvalue weighted by Gasteiger charge is -2.61. The summed E-state index contributed by atoms with van der Waals surface area (Å²) in [6.07, 6.45) is 6.87. The highest BCUT2D eigenvalue weighted by Gasteiger charge is 2.61. The second-order valence-electron chi connectivity index (χ2n) is 18.8. The summed E-state index contributed by atoms with van der Waals surface area (Å²) >= 11 is 0. The van der Waals surface area contributed by atoms with E-state index >= 15 is 0 Å². The van der Waals surface area contributed by atoms with Crippen molar-refractivity contribution >= 4 is 32.6 Å². The Bertz CT molecular complexity index is 3440. The third kappa shape index (κ3) is 5.18. The molecule has 0 saturated heterocycles. The van der Waals surface area contributed by atoms with E-state index in [-0.39, 0.29) is 5.41 Å². The van der Waals surface area contributed by atoms with E-state index in [9.17, 15) is 0 Å². The number of rotatable bonds is 5. The third-order valence-corrected chi connectivity index (χ3v) is 15.6. The maximum absolute atomic E-state index is 5.34. The molecular weight excluding hydrogens is 765 g/mol. The van der Waals surface area contributed by atoms with E-state index in [1.165, 1.54) is 81.4 Å². The summed E-state index contributed by atoms with van der Waals surface area (Å²) in [4.78, 5) is 15.8. The van der Waals surface area contributed by atoms with Gasteiger partial charge in [0.05, 0.1) is 11.0 Å². The summed E-state index contributed by atoms with van der Waals surface area (Å²) in [6.45, 7) is 0. The molecule has 4 saturated carbocycles. The standard InChI is InChI=1S/C59H44N4/c1-2-12-40(13-3-1)56-60-57(62-58(61-56)43-23-27-49-48-17-6-8-19-51(48)59(52(49)35-43)44-30-36-29-37(32-44)33-45(59)31-36)42-15-10-14-41(34-42)38-21-25-46(26-22-38)63-53-20-9-7-18-50(53)55-47-16-5-4-11-39(47)24-28-54(55)63/h1-28,34-37,44-45H,29-33H2. The molecule has 0 aliphatic heterocycles. The van der Waals surface area contributed by atoms with Crippen LogP contribution in [0.5, 0.6) is 0 Å². The zero-order valence-corrected chi connectivity index (χ0v) is 35.0. The summed E-state index contributed by atoms with van der Waals surface area (Å²) < 4.78 is 2.40. The molecule has 2 aromatic heterocycles. The minimum atomic E-state index is 0.0767. The van der Waals surface area contributed by atoms with Gasteiger partial charge in [-0.2, -0.15) is 0 Å². The Kier molecular flexibility index (Phi) is 7.54. The smallest absolute Gasteiger partial charge is 0.164 e. The molecule has 0 radical (unpaired) electrons. The molecule has 2 heterocycles. The number of benzene rings is 8. The average Bonchev–Trinajstić information content (AvgIpc) is 3.84. The molecule has 1 spiro atoms. The van der Waals surface area contributed by atoms with Crippen LogP contribution in [0.25, 0.3) is 94.7 Å². The molecule has 0 atom stereocenters. The fourth-order valence-corrected chi connectivity index (χ4v) is 13.3. The van der Waals surface area contributed by atoms with Crippen LogP contribution in [0.15, 0.2) is 182 Å². The van der Waals surface area contributed by atoms with Crippen molar-refractivity contribution in [2.75, 3.05) is 0 Å². The van der Waals surface area contributed by atoms with Gasteiger partial charge >= 0.3 is 0 Å². The molecule has 300 valence electrons. The van der Waals surface area contributed by atoms with E-state index in [1.807, 2.05) is 6.07 Å². The van der Waals surface area contributed by atoms with Crippen LogP contribution in [0.2, 0.25) is 0 Å². The summed E-state index contributed by atoms with van der Waals surface area (Å²) in [5.41, 5.74) is 14.8. The van der Waals surface area contributed by atoms with Gasteiger partial charge in [0.1, 0.15) is 0 Å². The highest BCUT2D eigenvalue weighted by molar-refractivity contribution is 6.21. The minimum absolute atomic E-state index is 0.0767. The Hall–Kier alpha value is -7.17. The first kappa shape index (κ1) is 35.4. The second kappa shape index (κ2) is 13.4. The topological polar surface area (TPSA) is 43.6 Å². The second-order valence-corrected chi connectivity index (χ2v) is 18.8. The number of hydrogen-bond donors (Lipinski definition) is 0. The molecule has 5 aliphatic carbocycles. The summed E-state index contributed by atoms with van der Waals surface area (Å²) in [7, 11) is 0. The number of nitrogens with zero attached hydrogens (tertiary/aromatic N) is 4. The Morgan fingerprint density at radius 3 is 1.79 bits per heavy atom. The van der Waals surface area contributed by atoms with E-state index < -0.39 is 0 Å². The largest absolute Gasteiger partial charge is 0.309 e. The van der Waals surface area contributed by atoms with Gasteiger partial charge in [-0.1, -0.05) is 146 Å². The van der Waals surface area contributed by atoms with E-state index in [2.05, 4.69) is 180 Å². The summed E-state index contributed by atoms with van der Waals surface area (Å²) in [6, 6.07) is 66.5. The van der Waals surface area contributed by atoms with Gasteiger partial charge in [-0.25, -0.2) is 15.0 Å². The molecule has 63 heavy (non-hydrogen) atoms. The van der Waals surface area contributed by atoms with Gasteiger partial charge in [0.25, 0.3) is 0 Å². The van der Waals surface area contributed by atoms with Crippen molar-refractivity contribution in [3.8, 4) is 62.1 Å². The average molecular weight is 809 g/mol. The van der Waals surface area contributed by atoms with E-state index in [0.29, 0.717) is 23.5 Å². The maximum atomic E-state index is 5.34. The zero-order valence-electron chi connectivity index (χ0n) is 35.0. The predicted molar refractivity (Wildman–Crippen MR) is 257 cm³/mol. The lowest BCUT2D eigenvalue weighted by atomic mass is 9.43. The van der Waals surface area contributed by atoms with Crippen LogP contribution >= 0.6 is 0 Å². The van der Waals surface area contributed by atoms with Gasteiger partial charge < -0.3 is 4.57 Å². The fourth-order valence-electron chi connectivity index (χ4n) is 13.3. The van der Waals surface area contributed by atoms with Crippen LogP contribution in [-0.4, -0.2) is 19.5 Å². The van der Waals surface area contributed by atoms with Crippen molar-refractivity contribution in [2.45, 2.75) is 37.5 Å². The molecule has 0 unspecified atom stereocenters. The van der Waals surface area contributed by atoms with Crippen molar-refractivity contribution < 1.29 is 0 Å². The van der Waals surface area contributed by atoms with Gasteiger partial charge in [-0.05, 0) is 136 Å². The maximum Gasteiger partial charge on any atom is 0.164 e. The first-order valence-electron chi connectivity index (χ1n) is 22.9. The molecule has 8 aromatic carbocycles. The Morgan fingerprint density at radius 1 is 0.397 bits per heavy atom. The quantitative estimate of drug-likeness (QED) is 0.174. The molecule has 5 aliphatic rings. The SMILES string of the molecule is c1ccc(-c2nc(-c3cccc(-c4ccc(-n5c6ccccc6c6c7ccccc7ccc65)cc4)c3)nc(-c3ccc4c(c3)C3(c5ccccc5-4)C4CC5CC(C4)CC3C5)n2)cc1. The van der Waals surface area contributed by atoms with Crippen LogP contribution in [0.4, 0.5) is 0 Å². The zero-order chi connectivity index (χ0) is 41.2. The predicted octanol–water partition coefficient (Wildman–Crippen LogP) is 14.5. The molecule has 4 bridgehead atoms. The Balaban J connectivity index is 0.869. The number of para-hydroxylation sites is 1. The van der Waals surface area contributed by atoms with Crippen molar-refractivity contribution in [1.82, 2.24) is 19.5 Å². The number of hydrogen-bond acceptors (Lipinski definition) is 3.